The third-order valence-corrected chi connectivity index (χ3v) is 4.90. The molecule has 1 aliphatic rings. The minimum Gasteiger partial charge on any atom is -0.493 e. The second-order valence-electron chi connectivity index (χ2n) is 7.19. The van der Waals surface area contributed by atoms with E-state index in [9.17, 15) is 22.8 Å². The van der Waals surface area contributed by atoms with Gasteiger partial charge >= 0.3 is 12.1 Å². The number of carbonyl (C=O) groups excluding carboxylic acids is 2. The molecule has 0 saturated carbocycles. The SMILES string of the molecule is COc1cc(/C=C2\C(=O)N(c3cccc(C(F)(F)F)c3)N=C2C)ccc1OC(=O)c1ccco1. The fraction of sp³-hybridized carbons (Fsp3) is 0.125. The Hall–Kier alpha value is -4.34. The highest BCUT2D eigenvalue weighted by atomic mass is 19.4. The molecule has 0 saturated heterocycles. The molecule has 174 valence electrons. The first kappa shape index (κ1) is 22.8. The second kappa shape index (κ2) is 8.89. The van der Waals surface area contributed by atoms with E-state index in [4.69, 9.17) is 13.9 Å². The van der Waals surface area contributed by atoms with Gasteiger partial charge in [0.2, 0.25) is 5.76 Å². The normalized spacial score (nSPS) is 15.0. The van der Waals surface area contributed by atoms with Gasteiger partial charge in [-0.15, -0.1) is 0 Å². The van der Waals surface area contributed by atoms with Crippen LogP contribution < -0.4 is 14.5 Å². The Kier molecular flexibility index (Phi) is 5.97. The van der Waals surface area contributed by atoms with Crippen LogP contribution in [0.3, 0.4) is 0 Å². The quantitative estimate of drug-likeness (QED) is 0.286. The van der Waals surface area contributed by atoms with Crippen molar-refractivity contribution in [2.45, 2.75) is 13.1 Å². The van der Waals surface area contributed by atoms with Gasteiger partial charge in [0.25, 0.3) is 5.91 Å². The summed E-state index contributed by atoms with van der Waals surface area (Å²) in [6.45, 7) is 1.58. The van der Waals surface area contributed by atoms with E-state index >= 15 is 0 Å². The third kappa shape index (κ3) is 4.56. The van der Waals surface area contributed by atoms with Crippen LogP contribution in [0, 0.1) is 0 Å². The molecule has 0 N–H and O–H groups in total. The lowest BCUT2D eigenvalue weighted by atomic mass is 10.1. The maximum Gasteiger partial charge on any atom is 0.416 e. The van der Waals surface area contributed by atoms with E-state index in [2.05, 4.69) is 5.10 Å². The van der Waals surface area contributed by atoms with Crippen molar-refractivity contribution in [3.05, 3.63) is 83.3 Å². The van der Waals surface area contributed by atoms with E-state index in [1.54, 1.807) is 25.1 Å². The Morgan fingerprint density at radius 3 is 2.56 bits per heavy atom. The van der Waals surface area contributed by atoms with Crippen LogP contribution in [0.1, 0.15) is 28.6 Å². The van der Waals surface area contributed by atoms with Crippen molar-refractivity contribution in [2.24, 2.45) is 5.10 Å². The number of hydrogen-bond acceptors (Lipinski definition) is 6. The van der Waals surface area contributed by atoms with Gasteiger partial charge in [-0.1, -0.05) is 12.1 Å². The Labute approximate surface area is 191 Å². The zero-order valence-corrected chi connectivity index (χ0v) is 17.9. The van der Waals surface area contributed by atoms with Crippen molar-refractivity contribution in [3.63, 3.8) is 0 Å². The monoisotopic (exact) mass is 470 g/mol. The van der Waals surface area contributed by atoms with Gasteiger partial charge in [0.15, 0.2) is 11.5 Å². The van der Waals surface area contributed by atoms with Crippen LogP contribution >= 0.6 is 0 Å². The first-order chi connectivity index (χ1) is 16.2. The highest BCUT2D eigenvalue weighted by Crippen LogP contribution is 2.34. The summed E-state index contributed by atoms with van der Waals surface area (Å²) in [6.07, 6.45) is -1.68. The average molecular weight is 470 g/mol. The van der Waals surface area contributed by atoms with Crippen molar-refractivity contribution in [2.75, 3.05) is 12.1 Å². The summed E-state index contributed by atoms with van der Waals surface area (Å²) >= 11 is 0. The number of esters is 1. The maximum absolute atomic E-state index is 13.1. The number of hydrazone groups is 1. The van der Waals surface area contributed by atoms with Gasteiger partial charge in [0, 0.05) is 0 Å². The molecule has 1 aromatic heterocycles. The first-order valence-corrected chi connectivity index (χ1v) is 9.90. The van der Waals surface area contributed by atoms with E-state index < -0.39 is 23.6 Å². The molecule has 0 bridgehead atoms. The van der Waals surface area contributed by atoms with Gasteiger partial charge in [-0.2, -0.15) is 23.3 Å². The van der Waals surface area contributed by atoms with Gasteiger partial charge in [-0.25, -0.2) is 4.79 Å². The molecule has 10 heteroatoms. The molecular formula is C24H17F3N2O5. The summed E-state index contributed by atoms with van der Waals surface area (Å²) in [5.41, 5.74) is 0.167. The minimum absolute atomic E-state index is 0.000317. The Bertz CT molecular complexity index is 1310. The van der Waals surface area contributed by atoms with Gasteiger partial charge in [0.1, 0.15) is 0 Å². The zero-order chi connectivity index (χ0) is 24.5. The molecule has 4 rings (SSSR count). The van der Waals surface area contributed by atoms with E-state index in [1.807, 2.05) is 0 Å². The molecule has 2 heterocycles. The summed E-state index contributed by atoms with van der Waals surface area (Å²) in [4.78, 5) is 25.1. The predicted octanol–water partition coefficient (Wildman–Crippen LogP) is 5.33. The molecule has 2 aromatic carbocycles. The lowest BCUT2D eigenvalue weighted by molar-refractivity contribution is -0.137. The number of nitrogens with zero attached hydrogens (tertiary/aromatic N) is 2. The Morgan fingerprint density at radius 1 is 1.09 bits per heavy atom. The number of anilines is 1. The van der Waals surface area contributed by atoms with E-state index in [0.717, 1.165) is 17.1 Å². The predicted molar refractivity (Wildman–Crippen MR) is 117 cm³/mol. The summed E-state index contributed by atoms with van der Waals surface area (Å²) in [6, 6.07) is 12.0. The maximum atomic E-state index is 13.1. The van der Waals surface area contributed by atoms with Crippen molar-refractivity contribution < 1.29 is 36.7 Å². The lowest BCUT2D eigenvalue weighted by Crippen LogP contribution is -2.21. The van der Waals surface area contributed by atoms with Crippen molar-refractivity contribution >= 4 is 29.4 Å². The van der Waals surface area contributed by atoms with Gasteiger partial charge in [0.05, 0.1) is 35.9 Å². The number of ether oxygens (including phenoxy) is 2. The van der Waals surface area contributed by atoms with Crippen molar-refractivity contribution in [3.8, 4) is 11.5 Å². The van der Waals surface area contributed by atoms with Crippen LogP contribution in [0.5, 0.6) is 11.5 Å². The van der Waals surface area contributed by atoms with Crippen LogP contribution in [0.25, 0.3) is 6.08 Å². The molecular weight excluding hydrogens is 453 g/mol. The zero-order valence-electron chi connectivity index (χ0n) is 17.9. The standard InChI is InChI=1S/C24H17F3N2O5/c1-14-18(22(30)29(28-14)17-6-3-5-16(13-17)24(25,26)27)11-15-8-9-19(21(12-15)32-2)34-23(31)20-7-4-10-33-20/h3-13H,1-2H3/b18-11-. The summed E-state index contributed by atoms with van der Waals surface area (Å²) < 4.78 is 54.8. The fourth-order valence-corrected chi connectivity index (χ4v) is 3.24. The largest absolute Gasteiger partial charge is 0.493 e. The number of furan rings is 1. The summed E-state index contributed by atoms with van der Waals surface area (Å²) in [5.74, 6) is -0.903. The molecule has 3 aromatic rings. The van der Waals surface area contributed by atoms with E-state index in [-0.39, 0.29) is 28.5 Å². The smallest absolute Gasteiger partial charge is 0.416 e. The number of methoxy groups -OCH3 is 1. The molecule has 0 unspecified atom stereocenters. The van der Waals surface area contributed by atoms with Crippen LogP contribution in [0.15, 0.2) is 76.0 Å². The van der Waals surface area contributed by atoms with Crippen LogP contribution in [0.4, 0.5) is 18.9 Å². The lowest BCUT2D eigenvalue weighted by Gasteiger charge is -2.14. The summed E-state index contributed by atoms with van der Waals surface area (Å²) in [5, 5.41) is 5.05. The molecule has 34 heavy (non-hydrogen) atoms. The van der Waals surface area contributed by atoms with Gasteiger partial charge < -0.3 is 13.9 Å². The highest BCUT2D eigenvalue weighted by Gasteiger charge is 2.33. The molecule has 0 radical (unpaired) electrons. The van der Waals surface area contributed by atoms with Crippen LogP contribution in [-0.2, 0) is 11.0 Å². The van der Waals surface area contributed by atoms with Crippen LogP contribution in [-0.4, -0.2) is 24.7 Å². The topological polar surface area (TPSA) is 81.3 Å². The Morgan fingerprint density at radius 2 is 1.88 bits per heavy atom. The molecule has 0 atom stereocenters. The van der Waals surface area contributed by atoms with Crippen LogP contribution in [0.2, 0.25) is 0 Å². The number of benzene rings is 2. The third-order valence-electron chi connectivity index (χ3n) is 4.90. The van der Waals surface area contributed by atoms with Crippen molar-refractivity contribution in [1.82, 2.24) is 0 Å². The number of amides is 1. The number of carbonyl (C=O) groups is 2. The number of rotatable bonds is 5. The van der Waals surface area contributed by atoms with Crippen molar-refractivity contribution in [1.29, 1.82) is 0 Å². The number of alkyl halides is 3. The van der Waals surface area contributed by atoms with Gasteiger partial charge in [-0.05, 0) is 61.0 Å². The van der Waals surface area contributed by atoms with Gasteiger partial charge in [-0.3, -0.25) is 4.79 Å². The fourth-order valence-electron chi connectivity index (χ4n) is 3.24. The van der Waals surface area contributed by atoms with E-state index in [1.165, 1.54) is 43.7 Å². The molecule has 0 aliphatic carbocycles. The molecule has 0 spiro atoms. The molecule has 1 amide bonds. The Balaban J connectivity index is 1.59. The minimum atomic E-state index is -4.55. The molecule has 0 fully saturated rings. The van der Waals surface area contributed by atoms with E-state index in [0.29, 0.717) is 11.3 Å². The first-order valence-electron chi connectivity index (χ1n) is 9.90. The average Bonchev–Trinajstić information content (AvgIpc) is 3.44. The highest BCUT2D eigenvalue weighted by molar-refractivity contribution is 6.32. The number of halogens is 3. The number of hydrogen-bond donors (Lipinski definition) is 0. The molecule has 1 aliphatic heterocycles. The summed E-state index contributed by atoms with van der Waals surface area (Å²) in [7, 11) is 1.39. The second-order valence-corrected chi connectivity index (χ2v) is 7.19. The molecule has 7 nitrogen and oxygen atoms in total.